The van der Waals surface area contributed by atoms with Crippen molar-refractivity contribution in [3.63, 3.8) is 0 Å². The molecule has 2 aromatic rings. The molecule has 0 bridgehead atoms. The van der Waals surface area contributed by atoms with Crippen LogP contribution in [0.1, 0.15) is 12.0 Å². The van der Waals surface area contributed by atoms with Gasteiger partial charge in [-0.3, -0.25) is 4.79 Å². The van der Waals surface area contributed by atoms with Gasteiger partial charge in [-0.15, -0.1) is 0 Å². The van der Waals surface area contributed by atoms with E-state index >= 15 is 0 Å². The van der Waals surface area contributed by atoms with Gasteiger partial charge in [0.25, 0.3) is 0 Å². The second kappa shape index (κ2) is 6.09. The van der Waals surface area contributed by atoms with Crippen LogP contribution in [0.3, 0.4) is 0 Å². The molecule has 19 heavy (non-hydrogen) atoms. The number of aliphatic carboxylic acids is 1. The number of aryl methyl sites for hydroxylation is 1. The molecule has 2 aromatic carbocycles. The Bertz CT molecular complexity index is 589. The van der Waals surface area contributed by atoms with Crippen LogP contribution in [0.4, 0.5) is 0 Å². The first-order valence-electron chi connectivity index (χ1n) is 5.83. The van der Waals surface area contributed by atoms with E-state index in [1.54, 1.807) is 18.2 Å². The summed E-state index contributed by atoms with van der Waals surface area (Å²) in [6, 6.07) is 13.0. The molecule has 0 spiro atoms. The molecule has 0 aliphatic rings. The van der Waals surface area contributed by atoms with Crippen LogP contribution in [0.5, 0.6) is 0 Å². The minimum atomic E-state index is -0.804. The molecule has 0 unspecified atom stereocenters. The number of carboxylic acid groups (broad SMARTS) is 1. The molecule has 0 amide bonds. The Morgan fingerprint density at radius 3 is 2.32 bits per heavy atom. The Morgan fingerprint density at radius 1 is 1.05 bits per heavy atom. The predicted octanol–water partition coefficient (Wildman–Crippen LogP) is 4.68. The Hall–Kier alpha value is -1.51. The van der Waals surface area contributed by atoms with E-state index in [4.69, 9.17) is 28.3 Å². The summed E-state index contributed by atoms with van der Waals surface area (Å²) in [5, 5.41) is 9.88. The van der Waals surface area contributed by atoms with Crippen LogP contribution in [0, 0.1) is 0 Å². The fourth-order valence-corrected chi connectivity index (χ4v) is 2.52. The topological polar surface area (TPSA) is 37.3 Å². The smallest absolute Gasteiger partial charge is 0.303 e. The van der Waals surface area contributed by atoms with Crippen LogP contribution in [0.2, 0.25) is 10.0 Å². The zero-order valence-electron chi connectivity index (χ0n) is 10.1. The number of carboxylic acids is 1. The lowest BCUT2D eigenvalue weighted by Crippen LogP contribution is -1.97. The van der Waals surface area contributed by atoms with Gasteiger partial charge < -0.3 is 5.11 Å². The fourth-order valence-electron chi connectivity index (χ4n) is 1.91. The van der Waals surface area contributed by atoms with Crippen LogP contribution < -0.4 is 0 Å². The van der Waals surface area contributed by atoms with E-state index in [-0.39, 0.29) is 6.42 Å². The molecule has 0 saturated carbocycles. The van der Waals surface area contributed by atoms with E-state index in [1.165, 1.54) is 0 Å². The summed E-state index contributed by atoms with van der Waals surface area (Å²) < 4.78 is 0. The van der Waals surface area contributed by atoms with E-state index < -0.39 is 5.97 Å². The summed E-state index contributed by atoms with van der Waals surface area (Å²) >= 11 is 12.3. The molecular weight excluding hydrogens is 283 g/mol. The van der Waals surface area contributed by atoms with Crippen LogP contribution in [0.25, 0.3) is 11.1 Å². The lowest BCUT2D eigenvalue weighted by molar-refractivity contribution is -0.136. The minimum absolute atomic E-state index is 0.111. The highest BCUT2D eigenvalue weighted by Crippen LogP contribution is 2.34. The third-order valence-electron chi connectivity index (χ3n) is 2.81. The molecule has 0 fully saturated rings. The van der Waals surface area contributed by atoms with Crippen molar-refractivity contribution in [2.24, 2.45) is 0 Å². The molecule has 1 N–H and O–H groups in total. The Morgan fingerprint density at radius 2 is 1.68 bits per heavy atom. The van der Waals surface area contributed by atoms with Crippen LogP contribution >= 0.6 is 23.2 Å². The summed E-state index contributed by atoms with van der Waals surface area (Å²) in [5.74, 6) is -0.804. The Balaban J connectivity index is 2.35. The maximum atomic E-state index is 10.6. The first kappa shape index (κ1) is 13.9. The SMILES string of the molecule is O=C(O)CCc1cccc(-c2c(Cl)cccc2Cl)c1. The third kappa shape index (κ3) is 3.49. The van der Waals surface area contributed by atoms with Crippen molar-refractivity contribution >= 4 is 29.2 Å². The fraction of sp³-hybridized carbons (Fsp3) is 0.133. The largest absolute Gasteiger partial charge is 0.481 e. The average molecular weight is 295 g/mol. The molecule has 0 aliphatic carbocycles. The van der Waals surface area contributed by atoms with Crippen molar-refractivity contribution in [1.82, 2.24) is 0 Å². The summed E-state index contributed by atoms with van der Waals surface area (Å²) in [7, 11) is 0. The van der Waals surface area contributed by atoms with Gasteiger partial charge in [-0.1, -0.05) is 53.5 Å². The molecule has 0 atom stereocenters. The second-order valence-electron chi connectivity index (χ2n) is 4.19. The van der Waals surface area contributed by atoms with Gasteiger partial charge in [0.2, 0.25) is 0 Å². The summed E-state index contributed by atoms with van der Waals surface area (Å²) in [4.78, 5) is 10.6. The number of halogens is 2. The van der Waals surface area contributed by atoms with Crippen molar-refractivity contribution < 1.29 is 9.90 Å². The molecule has 0 aromatic heterocycles. The van der Waals surface area contributed by atoms with Crippen molar-refractivity contribution in [2.75, 3.05) is 0 Å². The van der Waals surface area contributed by atoms with Gasteiger partial charge in [0.15, 0.2) is 0 Å². The first-order chi connectivity index (χ1) is 9.08. The van der Waals surface area contributed by atoms with Gasteiger partial charge >= 0.3 is 5.97 Å². The Labute approximate surface area is 121 Å². The maximum Gasteiger partial charge on any atom is 0.303 e. The highest BCUT2D eigenvalue weighted by molar-refractivity contribution is 6.39. The van der Waals surface area contributed by atoms with Crippen molar-refractivity contribution in [3.05, 3.63) is 58.1 Å². The quantitative estimate of drug-likeness (QED) is 0.889. The highest BCUT2D eigenvalue weighted by Gasteiger charge is 2.09. The number of rotatable bonds is 4. The number of hydrogen-bond acceptors (Lipinski definition) is 1. The minimum Gasteiger partial charge on any atom is -0.481 e. The maximum absolute atomic E-state index is 10.6. The standard InChI is InChI=1S/C15H12Cl2O2/c16-12-5-2-6-13(17)15(12)11-4-1-3-10(9-11)7-8-14(18)19/h1-6,9H,7-8H2,(H,18,19). The van der Waals surface area contributed by atoms with Gasteiger partial charge in [0.05, 0.1) is 0 Å². The molecule has 0 radical (unpaired) electrons. The normalized spacial score (nSPS) is 10.4. The highest BCUT2D eigenvalue weighted by atomic mass is 35.5. The monoisotopic (exact) mass is 294 g/mol. The second-order valence-corrected chi connectivity index (χ2v) is 5.01. The summed E-state index contributed by atoms with van der Waals surface area (Å²) in [5.41, 5.74) is 2.64. The molecule has 2 nitrogen and oxygen atoms in total. The van der Waals surface area contributed by atoms with Gasteiger partial charge in [0, 0.05) is 22.0 Å². The van der Waals surface area contributed by atoms with E-state index in [9.17, 15) is 4.79 Å². The Kier molecular flexibility index (Phi) is 4.46. The lowest BCUT2D eigenvalue weighted by Gasteiger charge is -2.08. The predicted molar refractivity (Wildman–Crippen MR) is 77.9 cm³/mol. The van der Waals surface area contributed by atoms with E-state index in [2.05, 4.69) is 0 Å². The summed E-state index contributed by atoms with van der Waals surface area (Å²) in [6.07, 6.45) is 0.602. The van der Waals surface area contributed by atoms with E-state index in [1.807, 2.05) is 24.3 Å². The summed E-state index contributed by atoms with van der Waals surface area (Å²) in [6.45, 7) is 0. The van der Waals surface area contributed by atoms with E-state index in [0.717, 1.165) is 16.7 Å². The van der Waals surface area contributed by atoms with Crippen molar-refractivity contribution in [2.45, 2.75) is 12.8 Å². The van der Waals surface area contributed by atoms with Crippen LogP contribution in [-0.2, 0) is 11.2 Å². The lowest BCUT2D eigenvalue weighted by atomic mass is 10.0. The molecule has 2 rings (SSSR count). The molecular formula is C15H12Cl2O2. The van der Waals surface area contributed by atoms with E-state index in [0.29, 0.717) is 16.5 Å². The molecule has 4 heteroatoms. The van der Waals surface area contributed by atoms with Gasteiger partial charge in [-0.05, 0) is 29.7 Å². The third-order valence-corrected chi connectivity index (χ3v) is 3.44. The van der Waals surface area contributed by atoms with Crippen molar-refractivity contribution in [1.29, 1.82) is 0 Å². The molecule has 0 aliphatic heterocycles. The van der Waals surface area contributed by atoms with Crippen molar-refractivity contribution in [3.8, 4) is 11.1 Å². The zero-order valence-corrected chi connectivity index (χ0v) is 11.6. The molecule has 0 heterocycles. The molecule has 98 valence electrons. The van der Waals surface area contributed by atoms with Crippen LogP contribution in [-0.4, -0.2) is 11.1 Å². The zero-order chi connectivity index (χ0) is 13.8. The van der Waals surface area contributed by atoms with Gasteiger partial charge in [0.1, 0.15) is 0 Å². The number of carbonyl (C=O) groups is 1. The number of benzene rings is 2. The average Bonchev–Trinajstić information content (AvgIpc) is 2.37. The van der Waals surface area contributed by atoms with Gasteiger partial charge in [-0.25, -0.2) is 0 Å². The van der Waals surface area contributed by atoms with Gasteiger partial charge in [-0.2, -0.15) is 0 Å². The number of hydrogen-bond donors (Lipinski definition) is 1. The van der Waals surface area contributed by atoms with Crippen LogP contribution in [0.15, 0.2) is 42.5 Å². The first-order valence-corrected chi connectivity index (χ1v) is 6.58. The molecule has 0 saturated heterocycles.